The van der Waals surface area contributed by atoms with Gasteiger partial charge in [-0.1, -0.05) is 41.9 Å². The Balaban J connectivity index is 1.98. The van der Waals surface area contributed by atoms with E-state index in [9.17, 15) is 14.4 Å². The van der Waals surface area contributed by atoms with Crippen molar-refractivity contribution in [2.75, 3.05) is 11.9 Å². The zero-order chi connectivity index (χ0) is 18.9. The summed E-state index contributed by atoms with van der Waals surface area (Å²) in [6.45, 7) is 4.01. The van der Waals surface area contributed by atoms with Crippen LogP contribution in [0.1, 0.15) is 15.9 Å². The molecule has 7 heteroatoms. The van der Waals surface area contributed by atoms with Gasteiger partial charge in [0.2, 0.25) is 0 Å². The number of anilines is 1. The Morgan fingerprint density at radius 2 is 1.65 bits per heavy atom. The lowest BCUT2D eigenvalue weighted by Gasteiger charge is -2.11. The van der Waals surface area contributed by atoms with Crippen molar-refractivity contribution in [3.05, 3.63) is 77.3 Å². The summed E-state index contributed by atoms with van der Waals surface area (Å²) in [7, 11) is 0. The minimum absolute atomic E-state index is 0.185. The van der Waals surface area contributed by atoms with Crippen LogP contribution < -0.4 is 16.0 Å². The van der Waals surface area contributed by atoms with Crippen molar-refractivity contribution in [3.63, 3.8) is 0 Å². The summed E-state index contributed by atoms with van der Waals surface area (Å²) in [5.74, 6) is -2.04. The fourth-order valence-electron chi connectivity index (χ4n) is 2.09. The monoisotopic (exact) mass is 371 g/mol. The van der Waals surface area contributed by atoms with Crippen LogP contribution in [0.5, 0.6) is 0 Å². The highest BCUT2D eigenvalue weighted by Gasteiger charge is 2.17. The van der Waals surface area contributed by atoms with E-state index in [1.807, 2.05) is 0 Å². The van der Waals surface area contributed by atoms with Crippen molar-refractivity contribution in [2.45, 2.75) is 6.54 Å². The third kappa shape index (κ3) is 5.46. The second-order valence-corrected chi connectivity index (χ2v) is 5.74. The summed E-state index contributed by atoms with van der Waals surface area (Å²) in [4.78, 5) is 36.2. The third-order valence-corrected chi connectivity index (χ3v) is 3.65. The maximum Gasteiger partial charge on any atom is 0.313 e. The van der Waals surface area contributed by atoms with Gasteiger partial charge in [0.25, 0.3) is 5.91 Å². The lowest BCUT2D eigenvalue weighted by atomic mass is 10.1. The van der Waals surface area contributed by atoms with E-state index in [-0.39, 0.29) is 23.7 Å². The van der Waals surface area contributed by atoms with Crippen molar-refractivity contribution < 1.29 is 14.4 Å². The van der Waals surface area contributed by atoms with Gasteiger partial charge >= 0.3 is 11.8 Å². The number of halogens is 1. The first kappa shape index (κ1) is 19.2. The molecule has 0 aliphatic rings. The second-order valence-electron chi connectivity index (χ2n) is 5.31. The molecule has 0 saturated heterocycles. The van der Waals surface area contributed by atoms with Gasteiger partial charge in [0.05, 0.1) is 11.3 Å². The van der Waals surface area contributed by atoms with E-state index in [4.69, 9.17) is 11.6 Å². The van der Waals surface area contributed by atoms with Crippen molar-refractivity contribution in [3.8, 4) is 0 Å². The molecule has 134 valence electrons. The van der Waals surface area contributed by atoms with E-state index in [0.717, 1.165) is 5.56 Å². The molecule has 0 unspecified atom stereocenters. The summed E-state index contributed by atoms with van der Waals surface area (Å²) in [5.41, 5.74) is 1.31. The molecule has 3 amide bonds. The van der Waals surface area contributed by atoms with Crippen LogP contribution in [0, 0.1) is 0 Å². The molecule has 0 heterocycles. The Labute approximate surface area is 156 Å². The van der Waals surface area contributed by atoms with Crippen molar-refractivity contribution in [1.82, 2.24) is 10.6 Å². The van der Waals surface area contributed by atoms with E-state index >= 15 is 0 Å². The summed E-state index contributed by atoms with van der Waals surface area (Å²) >= 11 is 5.80. The highest BCUT2D eigenvalue weighted by atomic mass is 35.5. The van der Waals surface area contributed by atoms with Gasteiger partial charge in [-0.25, -0.2) is 0 Å². The smallest absolute Gasteiger partial charge is 0.313 e. The Morgan fingerprint density at radius 1 is 0.962 bits per heavy atom. The first-order chi connectivity index (χ1) is 12.5. The van der Waals surface area contributed by atoms with E-state index < -0.39 is 11.8 Å². The lowest BCUT2D eigenvalue weighted by molar-refractivity contribution is -0.136. The average Bonchev–Trinajstić information content (AvgIpc) is 2.65. The molecule has 2 aromatic carbocycles. The Morgan fingerprint density at radius 3 is 2.35 bits per heavy atom. The van der Waals surface area contributed by atoms with Gasteiger partial charge in [-0.3, -0.25) is 14.4 Å². The van der Waals surface area contributed by atoms with Crippen LogP contribution in [0.3, 0.4) is 0 Å². The average molecular weight is 372 g/mol. The Hall–Kier alpha value is -3.12. The second kappa shape index (κ2) is 9.39. The maximum atomic E-state index is 12.1. The molecule has 0 aliphatic carbocycles. The van der Waals surface area contributed by atoms with Crippen LogP contribution in [0.15, 0.2) is 61.2 Å². The van der Waals surface area contributed by atoms with Crippen LogP contribution in [0.2, 0.25) is 5.02 Å². The number of hydrogen-bond acceptors (Lipinski definition) is 3. The normalized spacial score (nSPS) is 9.88. The van der Waals surface area contributed by atoms with Crippen LogP contribution in [-0.2, 0) is 16.1 Å². The van der Waals surface area contributed by atoms with Crippen LogP contribution in [0.25, 0.3) is 0 Å². The summed E-state index contributed by atoms with van der Waals surface area (Å²) in [6.07, 6.45) is 1.54. The molecule has 0 spiro atoms. The molecule has 0 aromatic heterocycles. The number of hydrogen-bond donors (Lipinski definition) is 3. The van der Waals surface area contributed by atoms with Gasteiger partial charge in [-0.05, 0) is 29.8 Å². The lowest BCUT2D eigenvalue weighted by Crippen LogP contribution is -2.35. The number of para-hydroxylation sites is 1. The molecule has 6 nitrogen and oxygen atoms in total. The van der Waals surface area contributed by atoms with Gasteiger partial charge in [-0.15, -0.1) is 6.58 Å². The van der Waals surface area contributed by atoms with Crippen molar-refractivity contribution in [1.29, 1.82) is 0 Å². The van der Waals surface area contributed by atoms with Crippen LogP contribution in [-0.4, -0.2) is 24.3 Å². The summed E-state index contributed by atoms with van der Waals surface area (Å²) in [6, 6.07) is 13.3. The number of rotatable bonds is 6. The van der Waals surface area contributed by atoms with Gasteiger partial charge in [0.1, 0.15) is 0 Å². The summed E-state index contributed by atoms with van der Waals surface area (Å²) in [5, 5.41) is 8.18. The molecule has 0 saturated carbocycles. The molecule has 26 heavy (non-hydrogen) atoms. The highest BCUT2D eigenvalue weighted by molar-refractivity contribution is 6.40. The zero-order valence-electron chi connectivity index (χ0n) is 13.9. The van der Waals surface area contributed by atoms with Crippen molar-refractivity contribution in [2.24, 2.45) is 0 Å². The molecule has 0 bridgehead atoms. The molecule has 0 aliphatic heterocycles. The first-order valence-corrected chi connectivity index (χ1v) is 8.21. The molecule has 2 rings (SSSR count). The zero-order valence-corrected chi connectivity index (χ0v) is 14.7. The van der Waals surface area contributed by atoms with E-state index in [0.29, 0.717) is 11.6 Å². The number of amides is 3. The van der Waals surface area contributed by atoms with Crippen LogP contribution in [0.4, 0.5) is 5.69 Å². The fraction of sp³-hybridized carbons (Fsp3) is 0.105. The molecule has 0 atom stereocenters. The van der Waals surface area contributed by atoms with E-state index in [1.54, 1.807) is 54.6 Å². The van der Waals surface area contributed by atoms with Crippen molar-refractivity contribution >= 4 is 35.0 Å². The van der Waals surface area contributed by atoms with E-state index in [1.165, 1.54) is 0 Å². The minimum atomic E-state index is -0.858. The molecular weight excluding hydrogens is 354 g/mol. The Kier molecular flexibility index (Phi) is 6.93. The topological polar surface area (TPSA) is 87.3 Å². The van der Waals surface area contributed by atoms with Gasteiger partial charge in [0.15, 0.2) is 0 Å². The molecule has 2 aromatic rings. The molecule has 3 N–H and O–H groups in total. The largest absolute Gasteiger partial charge is 0.349 e. The quantitative estimate of drug-likeness (QED) is 0.538. The summed E-state index contributed by atoms with van der Waals surface area (Å²) < 4.78 is 0. The third-order valence-electron chi connectivity index (χ3n) is 3.40. The SMILES string of the molecule is C=CCNC(=O)c1ccccc1NC(=O)C(=O)NCc1ccc(Cl)cc1. The number of benzene rings is 2. The Bertz CT molecular complexity index is 819. The van der Waals surface area contributed by atoms with Crippen LogP contribution >= 0.6 is 11.6 Å². The molecule has 0 radical (unpaired) electrons. The predicted octanol–water partition coefficient (Wildman–Crippen LogP) is 2.51. The molecular formula is C19H18ClN3O3. The van der Waals surface area contributed by atoms with Gasteiger partial charge in [0, 0.05) is 18.1 Å². The number of nitrogens with one attached hydrogen (secondary N) is 3. The first-order valence-electron chi connectivity index (χ1n) is 7.83. The van der Waals surface area contributed by atoms with Gasteiger partial charge < -0.3 is 16.0 Å². The standard InChI is InChI=1S/C19H18ClN3O3/c1-2-11-21-17(24)15-5-3-4-6-16(15)23-19(26)18(25)22-12-13-7-9-14(20)10-8-13/h2-10H,1,11-12H2,(H,21,24)(H,22,25)(H,23,26). The molecule has 0 fully saturated rings. The van der Waals surface area contributed by atoms with Gasteiger partial charge in [-0.2, -0.15) is 0 Å². The predicted molar refractivity (Wildman–Crippen MR) is 101 cm³/mol. The highest BCUT2D eigenvalue weighted by Crippen LogP contribution is 2.15. The number of carbonyl (C=O) groups is 3. The minimum Gasteiger partial charge on any atom is -0.349 e. The number of carbonyl (C=O) groups excluding carboxylic acids is 3. The van der Waals surface area contributed by atoms with E-state index in [2.05, 4.69) is 22.5 Å². The maximum absolute atomic E-state index is 12.1. The fourth-order valence-corrected chi connectivity index (χ4v) is 2.22.